The number of nitrogens with zero attached hydrogens (tertiary/aromatic N) is 1. The summed E-state index contributed by atoms with van der Waals surface area (Å²) in [6.07, 6.45) is -0.329. The summed E-state index contributed by atoms with van der Waals surface area (Å²) in [4.78, 5) is 12.2. The molecular weight excluding hydrogens is 342 g/mol. The van der Waals surface area contributed by atoms with Gasteiger partial charge < -0.3 is 9.47 Å². The van der Waals surface area contributed by atoms with E-state index in [-0.39, 0.29) is 11.0 Å². The van der Waals surface area contributed by atoms with Crippen LogP contribution in [-0.4, -0.2) is 34.1 Å². The highest BCUT2D eigenvalue weighted by Gasteiger charge is 2.28. The van der Waals surface area contributed by atoms with Crippen molar-refractivity contribution in [3.8, 4) is 5.75 Å². The molecule has 0 fully saturated rings. The van der Waals surface area contributed by atoms with Crippen LogP contribution in [0.2, 0.25) is 0 Å². The Morgan fingerprint density at radius 2 is 1.64 bits per heavy atom. The molecule has 0 atom stereocenters. The molecule has 0 saturated carbocycles. The zero-order valence-electron chi connectivity index (χ0n) is 14.4. The number of esters is 1. The number of hydrogen-bond acceptors (Lipinski definition) is 5. The van der Waals surface area contributed by atoms with Crippen LogP contribution in [0.3, 0.4) is 0 Å². The van der Waals surface area contributed by atoms with Crippen molar-refractivity contribution in [2.24, 2.45) is 0 Å². The van der Waals surface area contributed by atoms with Crippen molar-refractivity contribution in [3.05, 3.63) is 54.6 Å². The molecule has 0 aliphatic heterocycles. The average molecular weight is 363 g/mol. The van der Waals surface area contributed by atoms with Gasteiger partial charge in [-0.1, -0.05) is 18.2 Å². The summed E-state index contributed by atoms with van der Waals surface area (Å²) in [7, 11) is -2.39. The molecule has 6 nitrogen and oxygen atoms in total. The summed E-state index contributed by atoms with van der Waals surface area (Å²) < 4.78 is 37.2. The molecule has 0 saturated heterocycles. The number of carbonyl (C=O) groups excluding carboxylic acids is 1. The molecule has 25 heavy (non-hydrogen) atoms. The molecular formula is C18H21NO5S. The van der Waals surface area contributed by atoms with Gasteiger partial charge in [0.25, 0.3) is 10.0 Å². The van der Waals surface area contributed by atoms with Crippen molar-refractivity contribution < 1.29 is 22.7 Å². The van der Waals surface area contributed by atoms with Crippen LogP contribution in [0.5, 0.6) is 5.75 Å². The maximum absolute atomic E-state index is 13.0. The van der Waals surface area contributed by atoms with Crippen LogP contribution in [0.25, 0.3) is 0 Å². The highest BCUT2D eigenvalue weighted by molar-refractivity contribution is 7.92. The molecule has 0 heterocycles. The normalized spacial score (nSPS) is 11.2. The Bertz CT molecular complexity index is 801. The highest BCUT2D eigenvalue weighted by atomic mass is 32.2. The van der Waals surface area contributed by atoms with Gasteiger partial charge in [0, 0.05) is 0 Å². The molecule has 0 aliphatic carbocycles. The Balaban J connectivity index is 2.42. The van der Waals surface area contributed by atoms with Gasteiger partial charge in [0.05, 0.1) is 23.8 Å². The number of rotatable bonds is 7. The smallest absolute Gasteiger partial charge is 0.327 e. The quantitative estimate of drug-likeness (QED) is 0.707. The van der Waals surface area contributed by atoms with Crippen LogP contribution in [0.1, 0.15) is 13.8 Å². The maximum atomic E-state index is 13.0. The average Bonchev–Trinajstić information content (AvgIpc) is 2.60. The minimum atomic E-state index is -3.91. The third-order valence-electron chi connectivity index (χ3n) is 3.33. The van der Waals surface area contributed by atoms with Crippen molar-refractivity contribution in [2.45, 2.75) is 24.8 Å². The molecule has 0 amide bonds. The first kappa shape index (κ1) is 18.8. The number of methoxy groups -OCH3 is 1. The van der Waals surface area contributed by atoms with E-state index < -0.39 is 22.5 Å². The molecule has 2 rings (SSSR count). The summed E-state index contributed by atoms with van der Waals surface area (Å²) in [5, 5.41) is 0. The standard InChI is InChI=1S/C18H21NO5S/c1-14(2)24-18(20)13-19(15-9-11-16(23-3)12-10-15)25(21,22)17-7-5-4-6-8-17/h4-12,14H,13H2,1-3H3. The molecule has 7 heteroatoms. The van der Waals surface area contributed by atoms with Crippen molar-refractivity contribution >= 4 is 21.7 Å². The molecule has 2 aromatic rings. The molecule has 134 valence electrons. The first-order valence-electron chi connectivity index (χ1n) is 7.76. The zero-order chi connectivity index (χ0) is 18.4. The number of carbonyl (C=O) groups is 1. The molecule has 0 N–H and O–H groups in total. The topological polar surface area (TPSA) is 72.9 Å². The Morgan fingerprint density at radius 1 is 1.04 bits per heavy atom. The van der Waals surface area contributed by atoms with Gasteiger partial charge in [-0.05, 0) is 50.2 Å². The zero-order valence-corrected chi connectivity index (χ0v) is 15.2. The number of ether oxygens (including phenoxy) is 2. The third kappa shape index (κ3) is 4.73. The molecule has 0 bridgehead atoms. The molecule has 0 unspecified atom stereocenters. The minimum Gasteiger partial charge on any atom is -0.497 e. The number of anilines is 1. The van der Waals surface area contributed by atoms with Crippen LogP contribution in [0, 0.1) is 0 Å². The summed E-state index contributed by atoms with van der Waals surface area (Å²) in [6.45, 7) is 3.00. The fourth-order valence-electron chi connectivity index (χ4n) is 2.20. The largest absolute Gasteiger partial charge is 0.497 e. The van der Waals surface area contributed by atoms with Crippen molar-refractivity contribution in [2.75, 3.05) is 18.0 Å². The van der Waals surface area contributed by atoms with Gasteiger partial charge in [0.2, 0.25) is 0 Å². The van der Waals surface area contributed by atoms with Crippen LogP contribution in [0.15, 0.2) is 59.5 Å². The summed E-state index contributed by atoms with van der Waals surface area (Å²) in [6, 6.07) is 14.4. The first-order valence-corrected chi connectivity index (χ1v) is 9.20. The SMILES string of the molecule is COc1ccc(N(CC(=O)OC(C)C)S(=O)(=O)c2ccccc2)cc1. The minimum absolute atomic E-state index is 0.100. The second-order valence-electron chi connectivity index (χ2n) is 5.56. The molecule has 2 aromatic carbocycles. The van der Waals surface area contributed by atoms with Crippen LogP contribution in [-0.2, 0) is 19.6 Å². The van der Waals surface area contributed by atoms with E-state index in [1.807, 2.05) is 0 Å². The summed E-state index contributed by atoms with van der Waals surface area (Å²) >= 11 is 0. The summed E-state index contributed by atoms with van der Waals surface area (Å²) in [5.74, 6) is -0.0316. The van der Waals surface area contributed by atoms with Gasteiger partial charge in [0.15, 0.2) is 0 Å². The van der Waals surface area contributed by atoms with E-state index in [1.165, 1.54) is 19.2 Å². The molecule has 0 aromatic heterocycles. The van der Waals surface area contributed by atoms with E-state index >= 15 is 0 Å². The monoisotopic (exact) mass is 363 g/mol. The van der Waals surface area contributed by atoms with Gasteiger partial charge in [-0.3, -0.25) is 9.10 Å². The van der Waals surface area contributed by atoms with E-state index in [0.717, 1.165) is 4.31 Å². The van der Waals surface area contributed by atoms with E-state index in [2.05, 4.69) is 0 Å². The van der Waals surface area contributed by atoms with Gasteiger partial charge in [-0.15, -0.1) is 0 Å². The lowest BCUT2D eigenvalue weighted by molar-refractivity contribution is -0.145. The van der Waals surface area contributed by atoms with Crippen molar-refractivity contribution in [1.29, 1.82) is 0 Å². The van der Waals surface area contributed by atoms with Crippen LogP contribution in [0.4, 0.5) is 5.69 Å². The lowest BCUT2D eigenvalue weighted by atomic mass is 10.3. The number of sulfonamides is 1. The Hall–Kier alpha value is -2.54. The Labute approximate surface area is 148 Å². The highest BCUT2D eigenvalue weighted by Crippen LogP contribution is 2.25. The van der Waals surface area contributed by atoms with E-state index in [1.54, 1.807) is 56.3 Å². The van der Waals surface area contributed by atoms with Gasteiger partial charge in [-0.2, -0.15) is 0 Å². The fraction of sp³-hybridized carbons (Fsp3) is 0.278. The number of benzene rings is 2. The Morgan fingerprint density at radius 3 is 2.16 bits per heavy atom. The second kappa shape index (κ2) is 8.02. The Kier molecular flexibility index (Phi) is 6.03. The van der Waals surface area contributed by atoms with E-state index in [0.29, 0.717) is 11.4 Å². The molecule has 0 spiro atoms. The van der Waals surface area contributed by atoms with Gasteiger partial charge in [-0.25, -0.2) is 8.42 Å². The molecule has 0 radical (unpaired) electrons. The number of hydrogen-bond donors (Lipinski definition) is 0. The molecule has 0 aliphatic rings. The predicted molar refractivity (Wildman–Crippen MR) is 95.2 cm³/mol. The van der Waals surface area contributed by atoms with Crippen LogP contribution >= 0.6 is 0 Å². The lowest BCUT2D eigenvalue weighted by Gasteiger charge is -2.24. The lowest BCUT2D eigenvalue weighted by Crippen LogP contribution is -2.37. The van der Waals surface area contributed by atoms with E-state index in [4.69, 9.17) is 9.47 Å². The van der Waals surface area contributed by atoms with Crippen LogP contribution < -0.4 is 9.04 Å². The van der Waals surface area contributed by atoms with Crippen molar-refractivity contribution in [3.63, 3.8) is 0 Å². The summed E-state index contributed by atoms with van der Waals surface area (Å²) in [5.41, 5.74) is 0.352. The maximum Gasteiger partial charge on any atom is 0.327 e. The van der Waals surface area contributed by atoms with Gasteiger partial charge >= 0.3 is 5.97 Å². The van der Waals surface area contributed by atoms with Gasteiger partial charge in [0.1, 0.15) is 12.3 Å². The van der Waals surface area contributed by atoms with Crippen molar-refractivity contribution in [1.82, 2.24) is 0 Å². The fourth-order valence-corrected chi connectivity index (χ4v) is 3.63. The predicted octanol–water partition coefficient (Wildman–Crippen LogP) is 2.84. The third-order valence-corrected chi connectivity index (χ3v) is 5.12. The van der Waals surface area contributed by atoms with E-state index in [9.17, 15) is 13.2 Å². The first-order chi connectivity index (χ1) is 11.8. The second-order valence-corrected chi connectivity index (χ2v) is 7.42.